The lowest BCUT2D eigenvalue weighted by atomic mass is 10.1. The van der Waals surface area contributed by atoms with Crippen LogP contribution in [0.2, 0.25) is 10.0 Å². The molecule has 0 spiro atoms. The summed E-state index contributed by atoms with van der Waals surface area (Å²) in [5, 5.41) is 3.83. The quantitative estimate of drug-likeness (QED) is 0.782. The molecule has 0 bridgehead atoms. The van der Waals surface area contributed by atoms with Crippen LogP contribution in [0.1, 0.15) is 15.9 Å². The van der Waals surface area contributed by atoms with E-state index in [4.69, 9.17) is 27.9 Å². The summed E-state index contributed by atoms with van der Waals surface area (Å²) in [5.74, 6) is 0.0801. The number of benzene rings is 2. The molecule has 2 rings (SSSR count). The molecule has 26 heavy (non-hydrogen) atoms. The molecule has 0 saturated heterocycles. The molecular formula is C19H20Cl2N2O3. The van der Waals surface area contributed by atoms with E-state index in [1.807, 2.05) is 12.1 Å². The van der Waals surface area contributed by atoms with Gasteiger partial charge in [-0.25, -0.2) is 0 Å². The molecule has 2 amide bonds. The number of nitrogens with zero attached hydrogens (tertiary/aromatic N) is 1. The van der Waals surface area contributed by atoms with Crippen molar-refractivity contribution >= 4 is 35.0 Å². The van der Waals surface area contributed by atoms with Crippen LogP contribution in [-0.2, 0) is 11.2 Å². The van der Waals surface area contributed by atoms with Crippen molar-refractivity contribution in [1.82, 2.24) is 10.2 Å². The lowest BCUT2D eigenvalue weighted by molar-refractivity contribution is -0.130. The second-order valence-electron chi connectivity index (χ2n) is 5.82. The molecule has 0 aromatic heterocycles. The summed E-state index contributed by atoms with van der Waals surface area (Å²) < 4.78 is 5.42. The fourth-order valence-electron chi connectivity index (χ4n) is 2.16. The first-order valence-electron chi connectivity index (χ1n) is 8.02. The molecule has 0 atom stereocenters. The second kappa shape index (κ2) is 9.46. The van der Waals surface area contributed by atoms with Crippen molar-refractivity contribution in [3.8, 4) is 5.75 Å². The fourth-order valence-corrected chi connectivity index (χ4v) is 2.57. The Morgan fingerprint density at radius 2 is 1.85 bits per heavy atom. The third-order valence-corrected chi connectivity index (χ3v) is 4.53. The maximum Gasteiger partial charge on any atom is 0.259 e. The van der Waals surface area contributed by atoms with Crippen molar-refractivity contribution in [1.29, 1.82) is 0 Å². The van der Waals surface area contributed by atoms with Gasteiger partial charge in [0.15, 0.2) is 6.61 Å². The monoisotopic (exact) mass is 394 g/mol. The van der Waals surface area contributed by atoms with Gasteiger partial charge in [0.25, 0.3) is 11.8 Å². The highest BCUT2D eigenvalue weighted by molar-refractivity contribution is 6.42. The maximum absolute atomic E-state index is 12.3. The average Bonchev–Trinajstić information content (AvgIpc) is 2.63. The molecule has 0 aliphatic rings. The van der Waals surface area contributed by atoms with Gasteiger partial charge < -0.3 is 15.0 Å². The van der Waals surface area contributed by atoms with Gasteiger partial charge in [0.05, 0.1) is 10.0 Å². The smallest absolute Gasteiger partial charge is 0.259 e. The number of hydrogen-bond acceptors (Lipinski definition) is 3. The van der Waals surface area contributed by atoms with Gasteiger partial charge in [-0.05, 0) is 36.2 Å². The molecule has 0 aliphatic carbocycles. The minimum Gasteiger partial charge on any atom is -0.484 e. The zero-order valence-corrected chi connectivity index (χ0v) is 16.1. The standard InChI is InChI=1S/C19H20Cl2N2O3/c1-23(2)17(24)12-26-15-7-3-6-14(11-15)19(25)22-10-9-13-5-4-8-16(20)18(13)21/h3-8,11H,9-10,12H2,1-2H3,(H,22,25). The number of rotatable bonds is 7. The zero-order chi connectivity index (χ0) is 19.1. The first-order valence-corrected chi connectivity index (χ1v) is 8.78. The van der Waals surface area contributed by atoms with E-state index in [-0.39, 0.29) is 18.4 Å². The summed E-state index contributed by atoms with van der Waals surface area (Å²) >= 11 is 12.1. The number of likely N-dealkylation sites (N-methyl/N-ethyl adjacent to an activating group) is 1. The maximum atomic E-state index is 12.3. The van der Waals surface area contributed by atoms with E-state index in [9.17, 15) is 9.59 Å². The number of nitrogens with one attached hydrogen (secondary N) is 1. The van der Waals surface area contributed by atoms with Crippen molar-refractivity contribution in [2.45, 2.75) is 6.42 Å². The fraction of sp³-hybridized carbons (Fsp3) is 0.263. The molecule has 0 fully saturated rings. The van der Waals surface area contributed by atoms with Crippen molar-refractivity contribution in [2.24, 2.45) is 0 Å². The summed E-state index contributed by atoms with van der Waals surface area (Å²) in [6, 6.07) is 12.1. The van der Waals surface area contributed by atoms with Crippen LogP contribution >= 0.6 is 23.2 Å². The Morgan fingerprint density at radius 1 is 1.12 bits per heavy atom. The third kappa shape index (κ3) is 5.64. The minimum atomic E-state index is -0.229. The van der Waals surface area contributed by atoms with Gasteiger partial charge in [0, 0.05) is 26.2 Å². The molecule has 0 radical (unpaired) electrons. The van der Waals surface area contributed by atoms with Crippen molar-refractivity contribution < 1.29 is 14.3 Å². The highest BCUT2D eigenvalue weighted by Crippen LogP contribution is 2.25. The van der Waals surface area contributed by atoms with Crippen molar-refractivity contribution in [2.75, 3.05) is 27.2 Å². The molecule has 0 unspecified atom stereocenters. The van der Waals surface area contributed by atoms with Crippen LogP contribution in [0.15, 0.2) is 42.5 Å². The van der Waals surface area contributed by atoms with E-state index in [0.29, 0.717) is 34.3 Å². The first-order chi connectivity index (χ1) is 12.4. The van der Waals surface area contributed by atoms with E-state index < -0.39 is 0 Å². The number of halogens is 2. The lowest BCUT2D eigenvalue weighted by Gasteiger charge is -2.12. The lowest BCUT2D eigenvalue weighted by Crippen LogP contribution is -2.28. The van der Waals surface area contributed by atoms with E-state index in [1.54, 1.807) is 44.4 Å². The Balaban J connectivity index is 1.90. The predicted molar refractivity (Wildman–Crippen MR) is 103 cm³/mol. The summed E-state index contributed by atoms with van der Waals surface area (Å²) in [7, 11) is 3.31. The number of hydrogen-bond donors (Lipinski definition) is 1. The van der Waals surface area contributed by atoms with Crippen LogP contribution in [0.3, 0.4) is 0 Å². The van der Waals surface area contributed by atoms with Crippen LogP contribution in [0.5, 0.6) is 5.75 Å². The molecule has 2 aromatic carbocycles. The minimum absolute atomic E-state index is 0.0780. The number of carbonyl (C=O) groups is 2. The van der Waals surface area contributed by atoms with Crippen LogP contribution in [0.25, 0.3) is 0 Å². The Hall–Kier alpha value is -2.24. The van der Waals surface area contributed by atoms with Crippen LogP contribution in [-0.4, -0.2) is 44.0 Å². The molecule has 0 heterocycles. The molecule has 5 nitrogen and oxygen atoms in total. The Labute approximate surface area is 162 Å². The molecule has 0 saturated carbocycles. The van der Waals surface area contributed by atoms with Crippen LogP contribution in [0, 0.1) is 0 Å². The average molecular weight is 395 g/mol. The van der Waals surface area contributed by atoms with Gasteiger partial charge in [0.2, 0.25) is 0 Å². The predicted octanol–water partition coefficient (Wildman–Crippen LogP) is 3.43. The molecule has 7 heteroatoms. The second-order valence-corrected chi connectivity index (χ2v) is 6.61. The number of carbonyl (C=O) groups excluding carboxylic acids is 2. The highest BCUT2D eigenvalue weighted by atomic mass is 35.5. The van der Waals surface area contributed by atoms with E-state index >= 15 is 0 Å². The molecule has 1 N–H and O–H groups in total. The van der Waals surface area contributed by atoms with Gasteiger partial charge in [-0.15, -0.1) is 0 Å². The largest absolute Gasteiger partial charge is 0.484 e. The van der Waals surface area contributed by atoms with E-state index in [2.05, 4.69) is 5.32 Å². The summed E-state index contributed by atoms with van der Waals surface area (Å²) in [4.78, 5) is 25.3. The van der Waals surface area contributed by atoms with Crippen LogP contribution < -0.4 is 10.1 Å². The van der Waals surface area contributed by atoms with Gasteiger partial charge in [0.1, 0.15) is 5.75 Å². The Morgan fingerprint density at radius 3 is 2.58 bits per heavy atom. The topological polar surface area (TPSA) is 58.6 Å². The molecule has 0 aliphatic heterocycles. The molecule has 2 aromatic rings. The van der Waals surface area contributed by atoms with Gasteiger partial charge in [-0.3, -0.25) is 9.59 Å². The third-order valence-electron chi connectivity index (χ3n) is 3.67. The summed E-state index contributed by atoms with van der Waals surface area (Å²) in [6.45, 7) is 0.342. The van der Waals surface area contributed by atoms with Gasteiger partial charge in [-0.2, -0.15) is 0 Å². The van der Waals surface area contributed by atoms with Crippen molar-refractivity contribution in [3.63, 3.8) is 0 Å². The first kappa shape index (κ1) is 20.1. The number of amides is 2. The Bertz CT molecular complexity index is 794. The molecular weight excluding hydrogens is 375 g/mol. The zero-order valence-electron chi connectivity index (χ0n) is 14.6. The van der Waals surface area contributed by atoms with Crippen LogP contribution in [0.4, 0.5) is 0 Å². The highest BCUT2D eigenvalue weighted by Gasteiger charge is 2.10. The van der Waals surface area contributed by atoms with Gasteiger partial charge in [-0.1, -0.05) is 41.4 Å². The van der Waals surface area contributed by atoms with E-state index in [1.165, 1.54) is 4.90 Å². The SMILES string of the molecule is CN(C)C(=O)COc1cccc(C(=O)NCCc2cccc(Cl)c2Cl)c1. The summed E-state index contributed by atoms with van der Waals surface area (Å²) in [6.07, 6.45) is 0.568. The normalized spacial score (nSPS) is 10.3. The van der Waals surface area contributed by atoms with Gasteiger partial charge >= 0.3 is 0 Å². The number of ether oxygens (including phenoxy) is 1. The van der Waals surface area contributed by atoms with E-state index in [0.717, 1.165) is 5.56 Å². The Kier molecular flexibility index (Phi) is 7.30. The summed E-state index contributed by atoms with van der Waals surface area (Å²) in [5.41, 5.74) is 1.33. The molecule has 138 valence electrons. The van der Waals surface area contributed by atoms with Crippen molar-refractivity contribution in [3.05, 3.63) is 63.6 Å².